The Kier molecular flexibility index (Phi) is 4.38. The number of rotatable bonds is 2. The van der Waals surface area contributed by atoms with Gasteiger partial charge in [0.2, 0.25) is 5.82 Å². The molecule has 0 aliphatic carbocycles. The van der Waals surface area contributed by atoms with Crippen molar-refractivity contribution in [3.05, 3.63) is 34.0 Å². The Morgan fingerprint density at radius 3 is 2.10 bits per heavy atom. The fourth-order valence-corrected chi connectivity index (χ4v) is 2.56. The molecule has 0 aliphatic rings. The lowest BCUT2D eigenvalue weighted by Gasteiger charge is -2.08. The lowest BCUT2D eigenvalue weighted by Crippen LogP contribution is -2.11. The molecule has 2 rings (SSSR count). The van der Waals surface area contributed by atoms with Gasteiger partial charge in [-0.05, 0) is 38.1 Å². The van der Waals surface area contributed by atoms with Crippen LogP contribution in [0.5, 0.6) is 0 Å². The van der Waals surface area contributed by atoms with Crippen LogP contribution in [-0.4, -0.2) is 19.9 Å². The molecule has 0 aliphatic heterocycles. The molecule has 9 heteroatoms. The largest absolute Gasteiger partial charge is 0.451 e. The second-order valence-electron chi connectivity index (χ2n) is 4.25. The van der Waals surface area contributed by atoms with E-state index in [4.69, 9.17) is 11.6 Å². The maximum atomic E-state index is 12.6. The van der Waals surface area contributed by atoms with E-state index in [1.54, 1.807) is 0 Å². The molecule has 2 aromatic heterocycles. The van der Waals surface area contributed by atoms with Crippen molar-refractivity contribution in [1.29, 1.82) is 0 Å². The molecule has 0 N–H and O–H groups in total. The van der Waals surface area contributed by atoms with E-state index in [1.807, 2.05) is 20.8 Å². The van der Waals surface area contributed by atoms with Crippen molar-refractivity contribution in [2.75, 3.05) is 0 Å². The zero-order valence-electron chi connectivity index (χ0n) is 11.3. The van der Waals surface area contributed by atoms with Crippen LogP contribution in [0.1, 0.15) is 22.8 Å². The predicted molar refractivity (Wildman–Crippen MR) is 72.4 cm³/mol. The fraction of sp³-hybridized carbons (Fsp3) is 0.333. The quantitative estimate of drug-likeness (QED) is 0.613. The monoisotopic (exact) mass is 334 g/mol. The van der Waals surface area contributed by atoms with E-state index < -0.39 is 12.0 Å². The highest BCUT2D eigenvalue weighted by Crippen LogP contribution is 2.31. The van der Waals surface area contributed by atoms with Gasteiger partial charge in [-0.1, -0.05) is 11.6 Å². The van der Waals surface area contributed by atoms with Gasteiger partial charge < -0.3 is 0 Å². The van der Waals surface area contributed by atoms with Crippen molar-refractivity contribution in [3.8, 4) is 0 Å². The van der Waals surface area contributed by atoms with Gasteiger partial charge in [-0.2, -0.15) is 13.2 Å². The average Bonchev–Trinajstić information content (AvgIpc) is 2.34. The van der Waals surface area contributed by atoms with E-state index in [-0.39, 0.29) is 10.2 Å². The molecule has 0 radical (unpaired) electrons. The van der Waals surface area contributed by atoms with Crippen LogP contribution in [0.25, 0.3) is 0 Å². The number of aryl methyl sites for hydroxylation is 2. The zero-order chi connectivity index (χ0) is 15.8. The summed E-state index contributed by atoms with van der Waals surface area (Å²) in [5.74, 6) is -1.28. The predicted octanol–water partition coefficient (Wildman–Crippen LogP) is 4.02. The second kappa shape index (κ2) is 5.76. The number of hydrogen-bond donors (Lipinski definition) is 0. The Morgan fingerprint density at radius 1 is 1.00 bits per heavy atom. The first-order valence-electron chi connectivity index (χ1n) is 5.78. The minimum atomic E-state index is -4.65. The Bertz CT molecular complexity index is 668. The normalized spacial score (nSPS) is 11.8. The molecular weight excluding hydrogens is 325 g/mol. The van der Waals surface area contributed by atoms with Gasteiger partial charge in [-0.25, -0.2) is 19.9 Å². The maximum Gasteiger partial charge on any atom is 0.451 e. The summed E-state index contributed by atoms with van der Waals surface area (Å²) < 4.78 is 37.9. The third kappa shape index (κ3) is 3.82. The third-order valence-corrected chi connectivity index (χ3v) is 3.71. The van der Waals surface area contributed by atoms with Gasteiger partial charge in [-0.3, -0.25) is 0 Å². The van der Waals surface area contributed by atoms with E-state index in [1.165, 1.54) is 6.07 Å². The van der Waals surface area contributed by atoms with Crippen molar-refractivity contribution in [1.82, 2.24) is 19.9 Å². The second-order valence-corrected chi connectivity index (χ2v) is 5.63. The summed E-state index contributed by atoms with van der Waals surface area (Å²) in [6.45, 7) is 5.49. The standard InChI is InChI=1S/C12H10ClF3N4S/c1-5-6(2)17-11(18-7(5)3)21-9-4-8(13)19-10(20-9)12(14,15)16/h4H,1-3H3. The number of hydrogen-bond acceptors (Lipinski definition) is 5. The van der Waals surface area contributed by atoms with Crippen molar-refractivity contribution in [3.63, 3.8) is 0 Å². The van der Waals surface area contributed by atoms with E-state index >= 15 is 0 Å². The molecule has 0 unspecified atom stereocenters. The van der Waals surface area contributed by atoms with Gasteiger partial charge in [0.15, 0.2) is 5.16 Å². The Balaban J connectivity index is 2.38. The highest BCUT2D eigenvalue weighted by atomic mass is 35.5. The average molecular weight is 335 g/mol. The number of halogens is 4. The minimum absolute atomic E-state index is 0.0463. The molecule has 0 fully saturated rings. The van der Waals surface area contributed by atoms with Gasteiger partial charge in [0.25, 0.3) is 0 Å². The van der Waals surface area contributed by atoms with Crippen LogP contribution in [0, 0.1) is 20.8 Å². The summed E-state index contributed by atoms with van der Waals surface area (Å²) in [7, 11) is 0. The molecule has 0 saturated heterocycles. The van der Waals surface area contributed by atoms with Gasteiger partial charge in [0, 0.05) is 17.5 Å². The molecule has 112 valence electrons. The smallest absolute Gasteiger partial charge is 0.227 e. The summed E-state index contributed by atoms with van der Waals surface area (Å²) in [5, 5.41) is 0.0869. The summed E-state index contributed by atoms with van der Waals surface area (Å²) in [4.78, 5) is 15.1. The van der Waals surface area contributed by atoms with E-state index in [2.05, 4.69) is 19.9 Å². The van der Waals surface area contributed by atoms with Gasteiger partial charge in [0.1, 0.15) is 10.2 Å². The maximum absolute atomic E-state index is 12.6. The first kappa shape index (κ1) is 16.0. The molecule has 0 saturated carbocycles. The molecule has 21 heavy (non-hydrogen) atoms. The van der Waals surface area contributed by atoms with Crippen LogP contribution < -0.4 is 0 Å². The first-order chi connectivity index (χ1) is 9.66. The number of aromatic nitrogens is 4. The summed E-state index contributed by atoms with van der Waals surface area (Å²) >= 11 is 6.52. The van der Waals surface area contributed by atoms with Crippen LogP contribution in [0.3, 0.4) is 0 Å². The van der Waals surface area contributed by atoms with Crippen LogP contribution in [0.15, 0.2) is 16.2 Å². The number of alkyl halides is 3. The van der Waals surface area contributed by atoms with Crippen LogP contribution in [0.2, 0.25) is 5.15 Å². The van der Waals surface area contributed by atoms with Gasteiger partial charge in [-0.15, -0.1) is 0 Å². The molecule has 2 aromatic rings. The van der Waals surface area contributed by atoms with Crippen molar-refractivity contribution >= 4 is 23.4 Å². The molecule has 0 atom stereocenters. The Morgan fingerprint density at radius 2 is 1.57 bits per heavy atom. The first-order valence-corrected chi connectivity index (χ1v) is 6.97. The van der Waals surface area contributed by atoms with Crippen LogP contribution >= 0.6 is 23.4 Å². The lowest BCUT2D eigenvalue weighted by atomic mass is 10.2. The van der Waals surface area contributed by atoms with Crippen LogP contribution in [-0.2, 0) is 6.18 Å². The van der Waals surface area contributed by atoms with Crippen molar-refractivity contribution in [2.45, 2.75) is 37.1 Å². The highest BCUT2D eigenvalue weighted by Gasteiger charge is 2.35. The van der Waals surface area contributed by atoms with Crippen LogP contribution in [0.4, 0.5) is 13.2 Å². The molecule has 2 heterocycles. The van der Waals surface area contributed by atoms with Crippen molar-refractivity contribution in [2.24, 2.45) is 0 Å². The SMILES string of the molecule is Cc1nc(Sc2cc(Cl)nc(C(F)(F)F)n2)nc(C)c1C. The third-order valence-electron chi connectivity index (χ3n) is 2.73. The topological polar surface area (TPSA) is 51.6 Å². The molecule has 0 bridgehead atoms. The molecule has 0 aromatic carbocycles. The Hall–Kier alpha value is -1.41. The number of nitrogens with zero attached hydrogens (tertiary/aromatic N) is 4. The van der Waals surface area contributed by atoms with Gasteiger partial charge in [0.05, 0.1) is 0 Å². The highest BCUT2D eigenvalue weighted by molar-refractivity contribution is 7.99. The zero-order valence-corrected chi connectivity index (χ0v) is 12.9. The minimum Gasteiger partial charge on any atom is -0.227 e. The fourth-order valence-electron chi connectivity index (χ4n) is 1.46. The van der Waals surface area contributed by atoms with E-state index in [0.717, 1.165) is 28.7 Å². The van der Waals surface area contributed by atoms with Crippen molar-refractivity contribution < 1.29 is 13.2 Å². The molecule has 0 spiro atoms. The summed E-state index contributed by atoms with van der Waals surface area (Å²) in [5.41, 5.74) is 2.47. The van der Waals surface area contributed by atoms with E-state index in [9.17, 15) is 13.2 Å². The summed E-state index contributed by atoms with van der Waals surface area (Å²) in [6, 6.07) is 1.25. The summed E-state index contributed by atoms with van der Waals surface area (Å²) in [6.07, 6.45) is -4.65. The lowest BCUT2D eigenvalue weighted by molar-refractivity contribution is -0.145. The van der Waals surface area contributed by atoms with E-state index in [0.29, 0.717) is 5.16 Å². The van der Waals surface area contributed by atoms with Gasteiger partial charge >= 0.3 is 6.18 Å². The molecule has 0 amide bonds. The molecular formula is C12H10ClF3N4S. The Labute approximate surface area is 128 Å². The molecule has 4 nitrogen and oxygen atoms in total.